The van der Waals surface area contributed by atoms with E-state index in [1.165, 1.54) is 66.9 Å². The van der Waals surface area contributed by atoms with Gasteiger partial charge in [0.25, 0.3) is 0 Å². The predicted octanol–water partition coefficient (Wildman–Crippen LogP) is -0.599. The topological polar surface area (TPSA) is 297 Å². The van der Waals surface area contributed by atoms with Gasteiger partial charge in [0.1, 0.15) is 33.5 Å². The standard InChI is InChI=1S/C14H18O5.C12H14O4.2C10H10O5S.2Na/c1-11(15)12-4-3-5-13(10-12)14(16)19-9-8-18-7-6-17-2;1-9(13)10-3-5-11(6-4-10)12(14)16-8-7-15-2;2*1-6(11)8-3-9(7(2)12)5-10(4-8)16(13,14)15;;/h3-5,10H,6-9H2,1-2H3;3-6H,7-8H2,1-2H3;2*3-5H,1-2H3,(H,13,14,15);;/q;;;;2*+1/p-2. The smallest absolute Gasteiger partial charge is 0.744 e. The van der Waals surface area contributed by atoms with E-state index in [4.69, 9.17) is 23.7 Å². The first kappa shape index (κ1) is 66.6. The molecular weight excluding hydrogens is 967 g/mol. The van der Waals surface area contributed by atoms with E-state index in [0.29, 0.717) is 48.7 Å². The molecule has 0 bridgehead atoms. The van der Waals surface area contributed by atoms with Crippen LogP contribution in [0.1, 0.15) is 124 Å². The van der Waals surface area contributed by atoms with Gasteiger partial charge in [-0.25, -0.2) is 26.4 Å². The van der Waals surface area contributed by atoms with Crippen LogP contribution in [0, 0.1) is 0 Å². The Hall–Kier alpha value is -4.46. The average molecular weight is 1020 g/mol. The van der Waals surface area contributed by atoms with Crippen molar-refractivity contribution in [2.45, 2.75) is 51.3 Å². The molecular formula is C46H50Na2O19S2. The fraction of sp³-hybridized carbons (Fsp3) is 0.304. The number of rotatable bonds is 19. The Morgan fingerprint density at radius 1 is 0.391 bits per heavy atom. The fourth-order valence-electron chi connectivity index (χ4n) is 4.83. The molecule has 0 aromatic heterocycles. The molecule has 0 unspecified atom stereocenters. The van der Waals surface area contributed by atoms with Gasteiger partial charge in [0.2, 0.25) is 0 Å². The zero-order chi connectivity index (χ0) is 51.1. The van der Waals surface area contributed by atoms with Crippen LogP contribution in [0.25, 0.3) is 0 Å². The normalized spacial score (nSPS) is 10.3. The van der Waals surface area contributed by atoms with Crippen LogP contribution in [0.15, 0.2) is 94.7 Å². The Bertz CT molecular complexity index is 2480. The molecule has 0 N–H and O–H groups in total. The van der Waals surface area contributed by atoms with Gasteiger partial charge in [0.15, 0.2) is 34.7 Å². The first-order valence-corrected chi connectivity index (χ1v) is 22.4. The third kappa shape index (κ3) is 25.8. The van der Waals surface area contributed by atoms with Crippen molar-refractivity contribution >= 4 is 66.9 Å². The molecule has 362 valence electrons. The molecule has 0 saturated heterocycles. The molecule has 0 radical (unpaired) electrons. The number of ketones is 6. The first-order valence-electron chi connectivity index (χ1n) is 19.6. The van der Waals surface area contributed by atoms with Gasteiger partial charge in [-0.15, -0.1) is 0 Å². The third-order valence-electron chi connectivity index (χ3n) is 8.46. The number of hydrogen-bond donors (Lipinski definition) is 0. The molecule has 0 aliphatic carbocycles. The van der Waals surface area contributed by atoms with Gasteiger partial charge >= 0.3 is 71.1 Å². The maximum Gasteiger partial charge on any atom is 1.00 e. The maximum atomic E-state index is 11.7. The Kier molecular flexibility index (Phi) is 32.0. The van der Waals surface area contributed by atoms with Crippen molar-refractivity contribution in [1.29, 1.82) is 0 Å². The summed E-state index contributed by atoms with van der Waals surface area (Å²) in [6, 6.07) is 19.2. The van der Waals surface area contributed by atoms with Crippen LogP contribution in [0.5, 0.6) is 0 Å². The van der Waals surface area contributed by atoms with Crippen LogP contribution in [-0.4, -0.2) is 126 Å². The van der Waals surface area contributed by atoms with Crippen LogP contribution in [0.2, 0.25) is 0 Å². The minimum absolute atomic E-state index is 0. The molecule has 4 aromatic carbocycles. The first-order chi connectivity index (χ1) is 31.2. The molecule has 19 nitrogen and oxygen atoms in total. The number of ether oxygens (including phenoxy) is 5. The van der Waals surface area contributed by atoms with Crippen molar-refractivity contribution in [3.05, 3.63) is 129 Å². The van der Waals surface area contributed by atoms with E-state index >= 15 is 0 Å². The van der Waals surface area contributed by atoms with Gasteiger partial charge in [-0.2, -0.15) is 0 Å². The summed E-state index contributed by atoms with van der Waals surface area (Å²) in [5.74, 6) is -2.62. The molecule has 0 spiro atoms. The number of methoxy groups -OCH3 is 2. The monoisotopic (exact) mass is 1020 g/mol. The van der Waals surface area contributed by atoms with E-state index in [1.54, 1.807) is 49.6 Å². The molecule has 69 heavy (non-hydrogen) atoms. The number of Topliss-reactive ketones (excluding diaryl/α,β-unsaturated/α-hetero) is 6. The number of carbonyl (C=O) groups excluding carboxylic acids is 8. The van der Waals surface area contributed by atoms with E-state index in [2.05, 4.69) is 0 Å². The van der Waals surface area contributed by atoms with E-state index in [0.717, 1.165) is 24.3 Å². The van der Waals surface area contributed by atoms with Crippen LogP contribution in [0.4, 0.5) is 0 Å². The summed E-state index contributed by atoms with van der Waals surface area (Å²) in [5, 5.41) is 0. The Balaban J connectivity index is 0. The predicted molar refractivity (Wildman–Crippen MR) is 237 cm³/mol. The zero-order valence-corrected chi connectivity index (χ0v) is 45.5. The summed E-state index contributed by atoms with van der Waals surface area (Å²) in [6.45, 7) is 9.89. The summed E-state index contributed by atoms with van der Waals surface area (Å²) in [5.41, 5.74) is 1.98. The van der Waals surface area contributed by atoms with Crippen LogP contribution >= 0.6 is 0 Å². The molecule has 23 heteroatoms. The number of carbonyl (C=O) groups is 8. The van der Waals surface area contributed by atoms with Crippen LogP contribution in [0.3, 0.4) is 0 Å². The van der Waals surface area contributed by atoms with Gasteiger partial charge < -0.3 is 32.8 Å². The van der Waals surface area contributed by atoms with E-state index in [9.17, 15) is 64.3 Å². The van der Waals surface area contributed by atoms with Gasteiger partial charge in [0.05, 0.1) is 47.3 Å². The molecule has 0 saturated carbocycles. The van der Waals surface area contributed by atoms with Gasteiger partial charge in [-0.3, -0.25) is 28.8 Å². The zero-order valence-electron chi connectivity index (χ0n) is 39.9. The van der Waals surface area contributed by atoms with Gasteiger partial charge in [-0.1, -0.05) is 24.3 Å². The quantitative estimate of drug-likeness (QED) is 0.0372. The second-order valence-electron chi connectivity index (χ2n) is 13.8. The second kappa shape index (κ2) is 33.2. The number of benzene rings is 4. The van der Waals surface area contributed by atoms with Crippen molar-refractivity contribution in [3.63, 3.8) is 0 Å². The molecule has 0 amide bonds. The Labute approximate surface area is 445 Å². The molecule has 0 aliphatic heterocycles. The maximum absolute atomic E-state index is 11.7. The Morgan fingerprint density at radius 3 is 1.03 bits per heavy atom. The average Bonchev–Trinajstić information content (AvgIpc) is 3.27. The van der Waals surface area contributed by atoms with Crippen molar-refractivity contribution in [2.24, 2.45) is 0 Å². The summed E-state index contributed by atoms with van der Waals surface area (Å²) in [6.07, 6.45) is 0. The molecule has 0 fully saturated rings. The molecule has 4 aromatic rings. The minimum atomic E-state index is -4.67. The fourth-order valence-corrected chi connectivity index (χ4v) is 5.91. The molecule has 0 aliphatic rings. The summed E-state index contributed by atoms with van der Waals surface area (Å²) in [7, 11) is -6.21. The van der Waals surface area contributed by atoms with Gasteiger partial charge in [-0.05, 0) is 102 Å². The van der Waals surface area contributed by atoms with E-state index in [1.807, 2.05) is 0 Å². The van der Waals surface area contributed by atoms with Crippen molar-refractivity contribution in [2.75, 3.05) is 53.9 Å². The molecule has 0 heterocycles. The minimum Gasteiger partial charge on any atom is -0.744 e. The van der Waals surface area contributed by atoms with Crippen molar-refractivity contribution in [1.82, 2.24) is 0 Å². The summed E-state index contributed by atoms with van der Waals surface area (Å²) in [4.78, 5) is 88.6. The second-order valence-corrected chi connectivity index (χ2v) is 16.5. The van der Waals surface area contributed by atoms with E-state index in [-0.39, 0.29) is 106 Å². The molecule has 0 atom stereocenters. The number of esters is 2. The van der Waals surface area contributed by atoms with Crippen molar-refractivity contribution < 1.29 is 147 Å². The van der Waals surface area contributed by atoms with Crippen LogP contribution in [-0.2, 0) is 43.9 Å². The van der Waals surface area contributed by atoms with E-state index < -0.39 is 65.1 Å². The largest absolute Gasteiger partial charge is 1.00 e. The number of hydrogen-bond acceptors (Lipinski definition) is 19. The van der Waals surface area contributed by atoms with Crippen LogP contribution < -0.4 is 59.1 Å². The van der Waals surface area contributed by atoms with Crippen molar-refractivity contribution in [3.8, 4) is 0 Å². The van der Waals surface area contributed by atoms with Gasteiger partial charge in [0, 0.05) is 47.6 Å². The Morgan fingerprint density at radius 2 is 0.681 bits per heavy atom. The summed E-state index contributed by atoms with van der Waals surface area (Å²) >= 11 is 0. The SMILES string of the molecule is CC(=O)c1cc(C(C)=O)cc(S(=O)(=O)[O-])c1.CC(=O)c1cc(C(C)=O)cc(S(=O)(=O)[O-])c1.COCCOC(=O)c1ccc(C(C)=O)cc1.COCCOCCOC(=O)c1cccc(C(C)=O)c1.[Na+].[Na+]. The third-order valence-corrected chi connectivity index (χ3v) is 10.1. The summed E-state index contributed by atoms with van der Waals surface area (Å²) < 4.78 is 89.5. The molecule has 4 rings (SSSR count).